The number of aryl methyl sites for hydroxylation is 2. The summed E-state index contributed by atoms with van der Waals surface area (Å²) < 4.78 is 0. The van der Waals surface area contributed by atoms with Crippen LogP contribution in [-0.2, 0) is 0 Å². The van der Waals surface area contributed by atoms with E-state index in [1.165, 1.54) is 23.1 Å². The third kappa shape index (κ3) is 5.99. The number of rotatable bonds is 5. The van der Waals surface area contributed by atoms with Gasteiger partial charge in [0.1, 0.15) is 0 Å². The molecule has 0 aromatic heterocycles. The van der Waals surface area contributed by atoms with Crippen molar-refractivity contribution in [2.45, 2.75) is 32.7 Å². The standard InChI is InChI=1S/C17H26N2.2ClH/c1-4-5-6-17(19-9-7-18-8-10-19)16-12-14(2)11-15(3)13-16;;/h4,11-13,17-18H,1,5-10H2,2-3H3;2*1H/t17-;;/m0../s1. The highest BCUT2D eigenvalue weighted by Gasteiger charge is 2.21. The van der Waals surface area contributed by atoms with Crippen molar-refractivity contribution in [2.75, 3.05) is 26.2 Å². The first-order valence-corrected chi connectivity index (χ1v) is 7.34. The van der Waals surface area contributed by atoms with Crippen molar-refractivity contribution in [1.82, 2.24) is 10.2 Å². The van der Waals surface area contributed by atoms with E-state index < -0.39 is 0 Å². The second kappa shape index (κ2) is 10.2. The summed E-state index contributed by atoms with van der Waals surface area (Å²) in [6.45, 7) is 12.8. The predicted octanol–water partition coefficient (Wildman–Crippen LogP) is 4.06. The van der Waals surface area contributed by atoms with Gasteiger partial charge in [0.2, 0.25) is 0 Å². The molecule has 21 heavy (non-hydrogen) atoms. The number of piperazine rings is 1. The van der Waals surface area contributed by atoms with Gasteiger partial charge in [-0.25, -0.2) is 0 Å². The normalized spacial score (nSPS) is 16.5. The molecule has 1 saturated heterocycles. The zero-order chi connectivity index (χ0) is 13.7. The van der Waals surface area contributed by atoms with Crippen LogP contribution in [0.5, 0.6) is 0 Å². The first-order valence-electron chi connectivity index (χ1n) is 7.34. The molecule has 0 bridgehead atoms. The van der Waals surface area contributed by atoms with Crippen LogP contribution in [-0.4, -0.2) is 31.1 Å². The molecule has 0 aliphatic carbocycles. The molecule has 2 nitrogen and oxygen atoms in total. The molecular formula is C17H28Cl2N2. The van der Waals surface area contributed by atoms with E-state index in [9.17, 15) is 0 Å². The molecule has 0 unspecified atom stereocenters. The molecule has 4 heteroatoms. The van der Waals surface area contributed by atoms with Crippen molar-refractivity contribution >= 4 is 24.8 Å². The second-order valence-electron chi connectivity index (χ2n) is 5.59. The average Bonchev–Trinajstić information content (AvgIpc) is 2.39. The first kappa shape index (κ1) is 20.5. The summed E-state index contributed by atoms with van der Waals surface area (Å²) in [5, 5.41) is 3.44. The lowest BCUT2D eigenvalue weighted by Gasteiger charge is -2.35. The third-order valence-electron chi connectivity index (χ3n) is 3.87. The summed E-state index contributed by atoms with van der Waals surface area (Å²) in [4.78, 5) is 2.62. The smallest absolute Gasteiger partial charge is 0.0352 e. The molecule has 1 heterocycles. The van der Waals surface area contributed by atoms with Gasteiger partial charge in [-0.05, 0) is 32.3 Å². The highest BCUT2D eigenvalue weighted by molar-refractivity contribution is 5.85. The molecule has 0 spiro atoms. The molecule has 1 aliphatic rings. The molecule has 0 amide bonds. The second-order valence-corrected chi connectivity index (χ2v) is 5.59. The van der Waals surface area contributed by atoms with Crippen LogP contribution >= 0.6 is 24.8 Å². The zero-order valence-electron chi connectivity index (χ0n) is 13.1. The minimum absolute atomic E-state index is 0. The Morgan fingerprint density at radius 2 is 1.71 bits per heavy atom. The number of hydrogen-bond acceptors (Lipinski definition) is 2. The van der Waals surface area contributed by atoms with E-state index in [1.54, 1.807) is 0 Å². The van der Waals surface area contributed by atoms with E-state index >= 15 is 0 Å². The highest BCUT2D eigenvalue weighted by Crippen LogP contribution is 2.27. The maximum absolute atomic E-state index is 3.88. The largest absolute Gasteiger partial charge is 0.314 e. The first-order chi connectivity index (χ1) is 9.20. The van der Waals surface area contributed by atoms with E-state index in [0.717, 1.165) is 32.6 Å². The molecule has 2 rings (SSSR count). The van der Waals surface area contributed by atoms with Gasteiger partial charge in [-0.2, -0.15) is 0 Å². The SMILES string of the molecule is C=CCC[C@@H](c1cc(C)cc(C)c1)N1CCNCC1.Cl.Cl. The Labute approximate surface area is 141 Å². The fraction of sp³-hybridized carbons (Fsp3) is 0.529. The van der Waals surface area contributed by atoms with E-state index in [1.807, 2.05) is 6.08 Å². The van der Waals surface area contributed by atoms with Crippen molar-refractivity contribution < 1.29 is 0 Å². The minimum atomic E-state index is 0. The molecule has 1 aromatic carbocycles. The maximum Gasteiger partial charge on any atom is 0.0352 e. The van der Waals surface area contributed by atoms with Crippen molar-refractivity contribution in [3.05, 3.63) is 47.5 Å². The molecule has 1 aliphatic heterocycles. The Balaban J connectivity index is 0.00000200. The van der Waals surface area contributed by atoms with Crippen LogP contribution in [0.15, 0.2) is 30.9 Å². The third-order valence-corrected chi connectivity index (χ3v) is 3.87. The van der Waals surface area contributed by atoms with Crippen LogP contribution < -0.4 is 5.32 Å². The fourth-order valence-electron chi connectivity index (χ4n) is 3.03. The Bertz CT molecular complexity index is 409. The zero-order valence-corrected chi connectivity index (χ0v) is 14.7. The number of hydrogen-bond donors (Lipinski definition) is 1. The van der Waals surface area contributed by atoms with Crippen LogP contribution in [0.3, 0.4) is 0 Å². The van der Waals surface area contributed by atoms with Crippen LogP contribution in [0.2, 0.25) is 0 Å². The van der Waals surface area contributed by atoms with Crippen LogP contribution in [0.25, 0.3) is 0 Å². The van der Waals surface area contributed by atoms with Gasteiger partial charge in [0.05, 0.1) is 0 Å². The van der Waals surface area contributed by atoms with Crippen molar-refractivity contribution in [2.24, 2.45) is 0 Å². The van der Waals surface area contributed by atoms with Gasteiger partial charge in [0.15, 0.2) is 0 Å². The number of benzene rings is 1. The molecule has 1 fully saturated rings. The Hall–Kier alpha value is -0.540. The summed E-state index contributed by atoms with van der Waals surface area (Å²) >= 11 is 0. The fourth-order valence-corrected chi connectivity index (χ4v) is 3.03. The topological polar surface area (TPSA) is 15.3 Å². The van der Waals surface area contributed by atoms with Gasteiger partial charge in [0, 0.05) is 32.2 Å². The molecular weight excluding hydrogens is 303 g/mol. The van der Waals surface area contributed by atoms with Gasteiger partial charge in [-0.15, -0.1) is 31.4 Å². The number of nitrogens with one attached hydrogen (secondary N) is 1. The van der Waals surface area contributed by atoms with Crippen LogP contribution in [0.1, 0.15) is 35.6 Å². The van der Waals surface area contributed by atoms with Gasteiger partial charge in [-0.3, -0.25) is 4.90 Å². The summed E-state index contributed by atoms with van der Waals surface area (Å²) in [7, 11) is 0. The van der Waals surface area contributed by atoms with E-state index in [4.69, 9.17) is 0 Å². The van der Waals surface area contributed by atoms with Crippen LogP contribution in [0, 0.1) is 13.8 Å². The summed E-state index contributed by atoms with van der Waals surface area (Å²) in [5.74, 6) is 0. The summed E-state index contributed by atoms with van der Waals surface area (Å²) in [6.07, 6.45) is 4.30. The number of nitrogens with zero attached hydrogens (tertiary/aromatic N) is 1. The van der Waals surface area contributed by atoms with E-state index in [2.05, 4.69) is 48.8 Å². The lowest BCUT2D eigenvalue weighted by molar-refractivity contribution is 0.166. The molecule has 1 aromatic rings. The van der Waals surface area contributed by atoms with Gasteiger partial charge < -0.3 is 5.32 Å². The molecule has 0 saturated carbocycles. The quantitative estimate of drug-likeness (QED) is 0.819. The van der Waals surface area contributed by atoms with E-state index in [0.29, 0.717) is 6.04 Å². The average molecular weight is 331 g/mol. The lowest BCUT2D eigenvalue weighted by Crippen LogP contribution is -2.45. The molecule has 0 radical (unpaired) electrons. The minimum Gasteiger partial charge on any atom is -0.314 e. The molecule has 120 valence electrons. The monoisotopic (exact) mass is 330 g/mol. The lowest BCUT2D eigenvalue weighted by atomic mass is 9.96. The molecule has 1 N–H and O–H groups in total. The number of halogens is 2. The highest BCUT2D eigenvalue weighted by atomic mass is 35.5. The summed E-state index contributed by atoms with van der Waals surface area (Å²) in [5.41, 5.74) is 4.21. The van der Waals surface area contributed by atoms with E-state index in [-0.39, 0.29) is 24.8 Å². The van der Waals surface area contributed by atoms with Crippen molar-refractivity contribution in [3.8, 4) is 0 Å². The Kier molecular flexibility index (Phi) is 9.97. The maximum atomic E-state index is 3.88. The number of allylic oxidation sites excluding steroid dienone is 1. The van der Waals surface area contributed by atoms with Gasteiger partial charge in [-0.1, -0.05) is 35.4 Å². The van der Waals surface area contributed by atoms with Gasteiger partial charge in [0.25, 0.3) is 0 Å². The van der Waals surface area contributed by atoms with Crippen molar-refractivity contribution in [3.63, 3.8) is 0 Å². The Morgan fingerprint density at radius 3 is 2.24 bits per heavy atom. The van der Waals surface area contributed by atoms with Crippen molar-refractivity contribution in [1.29, 1.82) is 0 Å². The predicted molar refractivity (Wildman–Crippen MR) is 97.0 cm³/mol. The summed E-state index contributed by atoms with van der Waals surface area (Å²) in [6, 6.07) is 7.50. The van der Waals surface area contributed by atoms with Crippen LogP contribution in [0.4, 0.5) is 0 Å². The van der Waals surface area contributed by atoms with Gasteiger partial charge >= 0.3 is 0 Å². The molecule has 1 atom stereocenters. The Morgan fingerprint density at radius 1 is 1.14 bits per heavy atom.